The number of carbonyl (C=O) groups excluding carboxylic acids is 2. The molecule has 6 rings (SSSR count). The van der Waals surface area contributed by atoms with Crippen LogP contribution >= 0.6 is 15.9 Å². The summed E-state index contributed by atoms with van der Waals surface area (Å²) in [5, 5.41) is 25.0. The lowest BCUT2D eigenvalue weighted by atomic mass is 9.55. The molecule has 2 saturated heterocycles. The van der Waals surface area contributed by atoms with E-state index in [1.165, 1.54) is 4.90 Å². The third kappa shape index (κ3) is 4.58. The Balaban J connectivity index is 1.31. The van der Waals surface area contributed by atoms with E-state index < -0.39 is 25.1 Å². The monoisotopic (exact) mass is 586 g/mol. The van der Waals surface area contributed by atoms with Crippen molar-refractivity contribution in [1.29, 1.82) is 0 Å². The van der Waals surface area contributed by atoms with Gasteiger partial charge in [-0.3, -0.25) is 14.5 Å². The minimum absolute atomic E-state index is 0.0607. The summed E-state index contributed by atoms with van der Waals surface area (Å²) in [5.41, 5.74) is 4.55. The number of aromatic hydroxyl groups is 1. The fourth-order valence-corrected chi connectivity index (χ4v) is 6.75. The van der Waals surface area contributed by atoms with Gasteiger partial charge in [0.2, 0.25) is 11.8 Å². The van der Waals surface area contributed by atoms with Crippen molar-refractivity contribution in [1.82, 2.24) is 0 Å². The van der Waals surface area contributed by atoms with E-state index in [4.69, 9.17) is 4.65 Å². The van der Waals surface area contributed by atoms with E-state index in [0.717, 1.165) is 26.9 Å². The van der Waals surface area contributed by atoms with Crippen LogP contribution in [0.15, 0.2) is 88.3 Å². The number of anilines is 3. The number of amides is 2. The van der Waals surface area contributed by atoms with Crippen molar-refractivity contribution < 1.29 is 24.4 Å². The van der Waals surface area contributed by atoms with Gasteiger partial charge in [-0.25, -0.2) is 0 Å². The van der Waals surface area contributed by atoms with Gasteiger partial charge in [-0.1, -0.05) is 46.6 Å². The summed E-state index contributed by atoms with van der Waals surface area (Å²) < 4.78 is 6.77. The fraction of sp³-hybridized carbons (Fsp3) is 0.267. The molecule has 0 saturated carbocycles. The average Bonchev–Trinajstić information content (AvgIpc) is 3.19. The Bertz CT molecular complexity index is 1460. The van der Waals surface area contributed by atoms with Gasteiger partial charge in [-0.2, -0.15) is 0 Å². The number of rotatable bonds is 5. The van der Waals surface area contributed by atoms with Gasteiger partial charge in [-0.15, -0.1) is 0 Å². The van der Waals surface area contributed by atoms with Crippen molar-refractivity contribution in [3.05, 3.63) is 93.9 Å². The van der Waals surface area contributed by atoms with Crippen LogP contribution in [0.25, 0.3) is 0 Å². The maximum Gasteiger partial charge on any atom is 0.487 e. The van der Waals surface area contributed by atoms with Crippen LogP contribution in [-0.4, -0.2) is 29.1 Å². The fourth-order valence-electron chi connectivity index (χ4n) is 6.37. The smallest absolute Gasteiger partial charge is 0.487 e. The molecule has 198 valence electrons. The molecule has 3 aromatic rings. The number of benzene rings is 3. The number of allylic oxidation sites excluding steroid dienone is 2. The number of fused-ring (bicyclic) bond motifs is 3. The molecule has 2 fully saturated rings. The first-order chi connectivity index (χ1) is 18.9. The van der Waals surface area contributed by atoms with Crippen molar-refractivity contribution in [2.75, 3.05) is 10.2 Å². The van der Waals surface area contributed by atoms with Gasteiger partial charge in [0.25, 0.3) is 0 Å². The molecular weight excluding hydrogens is 559 g/mol. The summed E-state index contributed by atoms with van der Waals surface area (Å²) in [4.78, 5) is 29.0. The zero-order chi connectivity index (χ0) is 27.3. The van der Waals surface area contributed by atoms with E-state index >= 15 is 0 Å². The van der Waals surface area contributed by atoms with Gasteiger partial charge < -0.3 is 20.1 Å². The van der Waals surface area contributed by atoms with E-state index in [1.54, 1.807) is 30.3 Å². The first-order valence-electron chi connectivity index (χ1n) is 13.2. The first-order valence-corrected chi connectivity index (χ1v) is 14.0. The number of carbonyl (C=O) groups is 2. The Hall–Kier alpha value is -3.40. The van der Waals surface area contributed by atoms with Crippen LogP contribution in [0.4, 0.5) is 17.1 Å². The number of phenolic OH excluding ortho intramolecular Hbond substituents is 1. The summed E-state index contributed by atoms with van der Waals surface area (Å²) in [7, 11) is -1.21. The number of para-hydroxylation sites is 1. The highest BCUT2D eigenvalue weighted by molar-refractivity contribution is 9.10. The predicted octanol–water partition coefficient (Wildman–Crippen LogP) is 5.91. The maximum absolute atomic E-state index is 13.9. The number of nitrogens with one attached hydrogen (secondary N) is 1. The molecule has 2 amide bonds. The molecule has 3 N–H and O–H groups in total. The lowest BCUT2D eigenvalue weighted by Crippen LogP contribution is -2.44. The molecule has 2 heterocycles. The van der Waals surface area contributed by atoms with Crippen LogP contribution in [0.5, 0.6) is 5.75 Å². The number of imide groups is 1. The van der Waals surface area contributed by atoms with Gasteiger partial charge in [0, 0.05) is 21.4 Å². The van der Waals surface area contributed by atoms with Gasteiger partial charge in [-0.05, 0) is 85.3 Å². The van der Waals surface area contributed by atoms with E-state index in [9.17, 15) is 19.7 Å². The van der Waals surface area contributed by atoms with Crippen LogP contribution in [0, 0.1) is 17.8 Å². The Kier molecular flexibility index (Phi) is 6.83. The van der Waals surface area contributed by atoms with Crippen LogP contribution < -0.4 is 10.2 Å². The lowest BCUT2D eigenvalue weighted by Gasteiger charge is -2.42. The molecule has 0 unspecified atom stereocenters. The quantitative estimate of drug-likeness (QED) is 0.254. The zero-order valence-electron chi connectivity index (χ0n) is 21.4. The van der Waals surface area contributed by atoms with Crippen molar-refractivity contribution in [2.45, 2.75) is 32.3 Å². The molecule has 0 spiro atoms. The maximum atomic E-state index is 13.9. The topological polar surface area (TPSA) is 99.1 Å². The lowest BCUT2D eigenvalue weighted by molar-refractivity contribution is -0.123. The molecule has 1 aliphatic carbocycles. The van der Waals surface area contributed by atoms with Crippen LogP contribution in [0.3, 0.4) is 0 Å². The molecule has 2 aliphatic heterocycles. The highest BCUT2D eigenvalue weighted by Crippen LogP contribution is 2.53. The van der Waals surface area contributed by atoms with Crippen molar-refractivity contribution in [3.63, 3.8) is 0 Å². The molecule has 3 aromatic carbocycles. The van der Waals surface area contributed by atoms with E-state index in [1.807, 2.05) is 49.4 Å². The minimum atomic E-state index is -1.21. The third-order valence-electron chi connectivity index (χ3n) is 8.16. The molecule has 3 aliphatic rings. The average molecular weight is 587 g/mol. The van der Waals surface area contributed by atoms with E-state index in [2.05, 4.69) is 21.2 Å². The standard InChI is InChI=1S/C30H28BBrN2O5/c1-2-17-14-24-27(23-16-26(39-31(38)28(17)23)22-15-18(32)8-13-25(22)35)30(37)34(29(24)36)21-11-9-20(10-12-21)33-19-6-4-3-5-7-19/h3-13,15,23-24,26-27,33,35,38H,2,14,16H2,1H3/t23-,24-,26-,27+/m0/s1. The summed E-state index contributed by atoms with van der Waals surface area (Å²) in [6.07, 6.45) is 0.843. The Morgan fingerprint density at radius 2 is 1.72 bits per heavy atom. The first kappa shape index (κ1) is 25.9. The SMILES string of the molecule is CCC1=C2B(O)O[C@H](c3cc(Br)ccc3O)C[C@H]2[C@H]2C(=O)N(c3ccc(Nc4ccccc4)cc3)C(=O)[C@H]2C1. The van der Waals surface area contributed by atoms with Crippen molar-refractivity contribution in [3.8, 4) is 5.75 Å². The normalized spacial score (nSPS) is 24.6. The molecular formula is C30H28BBrN2O5. The van der Waals surface area contributed by atoms with Crippen LogP contribution in [0.2, 0.25) is 0 Å². The number of hydrogen-bond acceptors (Lipinski definition) is 6. The Morgan fingerprint density at radius 3 is 2.44 bits per heavy atom. The second-order valence-corrected chi connectivity index (χ2v) is 11.2. The highest BCUT2D eigenvalue weighted by Gasteiger charge is 2.58. The summed E-state index contributed by atoms with van der Waals surface area (Å²) >= 11 is 3.44. The molecule has 0 bridgehead atoms. The third-order valence-corrected chi connectivity index (χ3v) is 8.66. The van der Waals surface area contributed by atoms with Gasteiger partial charge in [0.15, 0.2) is 0 Å². The van der Waals surface area contributed by atoms with Crippen LogP contribution in [0.1, 0.15) is 37.9 Å². The van der Waals surface area contributed by atoms with E-state index in [-0.39, 0.29) is 23.5 Å². The molecule has 9 heteroatoms. The summed E-state index contributed by atoms with van der Waals surface area (Å²) in [6.45, 7) is 2.00. The second-order valence-electron chi connectivity index (χ2n) is 10.3. The second kappa shape index (κ2) is 10.3. The number of phenols is 1. The Morgan fingerprint density at radius 1 is 1.00 bits per heavy atom. The van der Waals surface area contributed by atoms with Gasteiger partial charge in [0.05, 0.1) is 23.6 Å². The summed E-state index contributed by atoms with van der Waals surface area (Å²) in [5.74, 6) is -1.86. The number of nitrogens with zero attached hydrogens (tertiary/aromatic N) is 1. The molecule has 0 radical (unpaired) electrons. The minimum Gasteiger partial charge on any atom is -0.508 e. The van der Waals surface area contributed by atoms with Crippen molar-refractivity contribution >= 4 is 51.9 Å². The van der Waals surface area contributed by atoms with Gasteiger partial charge >= 0.3 is 7.12 Å². The Labute approximate surface area is 235 Å². The number of hydrogen-bond donors (Lipinski definition) is 3. The summed E-state index contributed by atoms with van der Waals surface area (Å²) in [6, 6.07) is 22.1. The molecule has 7 nitrogen and oxygen atoms in total. The molecule has 0 aromatic heterocycles. The van der Waals surface area contributed by atoms with Gasteiger partial charge in [0.1, 0.15) is 5.75 Å². The van der Waals surface area contributed by atoms with E-state index in [0.29, 0.717) is 30.5 Å². The zero-order valence-corrected chi connectivity index (χ0v) is 23.0. The highest BCUT2D eigenvalue weighted by atomic mass is 79.9. The van der Waals surface area contributed by atoms with Crippen LogP contribution in [-0.2, 0) is 14.2 Å². The van der Waals surface area contributed by atoms with Crippen molar-refractivity contribution in [2.24, 2.45) is 17.8 Å². The molecule has 4 atom stereocenters. The largest absolute Gasteiger partial charge is 0.508 e. The predicted molar refractivity (Wildman–Crippen MR) is 153 cm³/mol. The number of halogens is 1. The molecule has 39 heavy (non-hydrogen) atoms.